The van der Waals surface area contributed by atoms with Crippen molar-refractivity contribution in [1.82, 2.24) is 10.2 Å². The number of likely N-dealkylation sites (N-methyl/N-ethyl adjacent to an activating group) is 1. The van der Waals surface area contributed by atoms with Crippen LogP contribution in [0.25, 0.3) is 21.5 Å². The first-order valence-electron chi connectivity index (χ1n) is 8.72. The van der Waals surface area contributed by atoms with Gasteiger partial charge in [-0.1, -0.05) is 48.5 Å². The van der Waals surface area contributed by atoms with Gasteiger partial charge in [0.15, 0.2) is 0 Å². The Morgan fingerprint density at radius 1 is 1.04 bits per heavy atom. The van der Waals surface area contributed by atoms with Gasteiger partial charge in [0.2, 0.25) is 5.91 Å². The number of carbonyl (C=O) groups is 1. The standard InChI is InChI=1S/C21H24N2O2/c1-2-22-21(25)15-23(11-12-24)14-20-18-9-5-3-7-16(18)13-17-8-4-6-10-19(17)20/h3-10,13,24H,2,11-12,14-15H2,1H3,(H,22,25). The van der Waals surface area contributed by atoms with Gasteiger partial charge in [0.25, 0.3) is 0 Å². The second-order valence-electron chi connectivity index (χ2n) is 6.19. The Bertz CT molecular complexity index is 822. The summed E-state index contributed by atoms with van der Waals surface area (Å²) in [4.78, 5) is 14.0. The molecular formula is C21H24N2O2. The Hall–Kier alpha value is -2.43. The van der Waals surface area contributed by atoms with Crippen LogP contribution in [0.4, 0.5) is 0 Å². The minimum Gasteiger partial charge on any atom is -0.395 e. The van der Waals surface area contributed by atoms with Crippen molar-refractivity contribution in [3.05, 3.63) is 60.2 Å². The summed E-state index contributed by atoms with van der Waals surface area (Å²) in [7, 11) is 0. The van der Waals surface area contributed by atoms with Crippen molar-refractivity contribution in [3.63, 3.8) is 0 Å². The van der Waals surface area contributed by atoms with Crippen molar-refractivity contribution in [2.24, 2.45) is 0 Å². The van der Waals surface area contributed by atoms with Gasteiger partial charge in [-0.05, 0) is 40.1 Å². The van der Waals surface area contributed by atoms with Crippen LogP contribution in [-0.2, 0) is 11.3 Å². The van der Waals surface area contributed by atoms with E-state index in [1.165, 1.54) is 27.1 Å². The highest BCUT2D eigenvalue weighted by molar-refractivity contribution is 6.02. The van der Waals surface area contributed by atoms with E-state index >= 15 is 0 Å². The maximum atomic E-state index is 12.0. The number of nitrogens with one attached hydrogen (secondary N) is 1. The van der Waals surface area contributed by atoms with Crippen molar-refractivity contribution >= 4 is 27.5 Å². The van der Waals surface area contributed by atoms with Gasteiger partial charge in [-0.25, -0.2) is 0 Å². The second kappa shape index (κ2) is 8.10. The van der Waals surface area contributed by atoms with Gasteiger partial charge in [0.05, 0.1) is 13.2 Å². The van der Waals surface area contributed by atoms with Crippen LogP contribution in [0.2, 0.25) is 0 Å². The van der Waals surface area contributed by atoms with Crippen LogP contribution in [-0.4, -0.2) is 42.2 Å². The maximum Gasteiger partial charge on any atom is 0.234 e. The van der Waals surface area contributed by atoms with Crippen LogP contribution in [0.3, 0.4) is 0 Å². The van der Waals surface area contributed by atoms with E-state index in [9.17, 15) is 9.90 Å². The SMILES string of the molecule is CCNC(=O)CN(CCO)Cc1c2ccccc2cc2ccccc12. The van der Waals surface area contributed by atoms with Crippen LogP contribution in [0.1, 0.15) is 12.5 Å². The molecule has 1 amide bonds. The van der Waals surface area contributed by atoms with Gasteiger partial charge in [-0.3, -0.25) is 9.69 Å². The molecule has 4 heteroatoms. The first-order valence-corrected chi connectivity index (χ1v) is 8.72. The zero-order valence-corrected chi connectivity index (χ0v) is 14.5. The molecule has 25 heavy (non-hydrogen) atoms. The highest BCUT2D eigenvalue weighted by atomic mass is 16.3. The third-order valence-electron chi connectivity index (χ3n) is 4.42. The normalized spacial score (nSPS) is 11.3. The average Bonchev–Trinajstić information content (AvgIpc) is 2.62. The number of aliphatic hydroxyl groups excluding tert-OH is 1. The van der Waals surface area contributed by atoms with Gasteiger partial charge in [0, 0.05) is 19.6 Å². The number of carbonyl (C=O) groups excluding carboxylic acids is 1. The smallest absolute Gasteiger partial charge is 0.234 e. The van der Waals surface area contributed by atoms with E-state index in [2.05, 4.69) is 35.6 Å². The number of hydrogen-bond acceptors (Lipinski definition) is 3. The molecule has 130 valence electrons. The number of amides is 1. The quantitative estimate of drug-likeness (QED) is 0.652. The molecule has 0 spiro atoms. The van der Waals surface area contributed by atoms with E-state index in [1.807, 2.05) is 36.1 Å². The lowest BCUT2D eigenvalue weighted by molar-refractivity contribution is -0.122. The number of aliphatic hydroxyl groups is 1. The largest absolute Gasteiger partial charge is 0.395 e. The van der Waals surface area contributed by atoms with E-state index in [0.29, 0.717) is 19.6 Å². The summed E-state index contributed by atoms with van der Waals surface area (Å²) in [6, 6.07) is 18.9. The van der Waals surface area contributed by atoms with Gasteiger partial charge in [-0.15, -0.1) is 0 Å². The molecule has 2 N–H and O–H groups in total. The first kappa shape index (κ1) is 17.4. The molecule has 0 fully saturated rings. The van der Waals surface area contributed by atoms with E-state index < -0.39 is 0 Å². The molecule has 0 aliphatic carbocycles. The third kappa shape index (κ3) is 3.98. The lowest BCUT2D eigenvalue weighted by atomic mass is 9.96. The summed E-state index contributed by atoms with van der Waals surface area (Å²) in [5.74, 6) is -0.0134. The van der Waals surface area contributed by atoms with Crippen molar-refractivity contribution < 1.29 is 9.90 Å². The molecule has 0 atom stereocenters. The number of rotatable bonds is 7. The molecule has 3 aromatic rings. The van der Waals surface area contributed by atoms with Crippen LogP contribution >= 0.6 is 0 Å². The van der Waals surface area contributed by atoms with Crippen LogP contribution in [0.15, 0.2) is 54.6 Å². The molecule has 0 saturated carbocycles. The summed E-state index contributed by atoms with van der Waals surface area (Å²) in [5.41, 5.74) is 1.20. The van der Waals surface area contributed by atoms with E-state index in [0.717, 1.165) is 0 Å². The molecule has 0 bridgehead atoms. The molecule has 3 rings (SSSR count). The van der Waals surface area contributed by atoms with E-state index in [1.54, 1.807) is 0 Å². The topological polar surface area (TPSA) is 52.6 Å². The molecule has 0 aliphatic heterocycles. The maximum absolute atomic E-state index is 12.0. The zero-order chi connectivity index (χ0) is 17.6. The average molecular weight is 336 g/mol. The molecule has 0 aromatic heterocycles. The highest BCUT2D eigenvalue weighted by Crippen LogP contribution is 2.29. The highest BCUT2D eigenvalue weighted by Gasteiger charge is 2.14. The Kier molecular flexibility index (Phi) is 5.64. The van der Waals surface area contributed by atoms with Crippen LogP contribution in [0.5, 0.6) is 0 Å². The van der Waals surface area contributed by atoms with Crippen LogP contribution in [0, 0.1) is 0 Å². The molecular weight excluding hydrogens is 312 g/mol. The Morgan fingerprint density at radius 2 is 1.64 bits per heavy atom. The Morgan fingerprint density at radius 3 is 2.20 bits per heavy atom. The fourth-order valence-corrected chi connectivity index (χ4v) is 3.31. The third-order valence-corrected chi connectivity index (χ3v) is 4.42. The molecule has 0 aliphatic rings. The van der Waals surface area contributed by atoms with Crippen molar-refractivity contribution in [2.45, 2.75) is 13.5 Å². The molecule has 0 saturated heterocycles. The zero-order valence-electron chi connectivity index (χ0n) is 14.5. The molecule has 0 heterocycles. The number of nitrogens with zero attached hydrogens (tertiary/aromatic N) is 1. The monoisotopic (exact) mass is 336 g/mol. The summed E-state index contributed by atoms with van der Waals surface area (Å²) in [6.45, 7) is 3.93. The van der Waals surface area contributed by atoms with Crippen LogP contribution < -0.4 is 5.32 Å². The fourth-order valence-electron chi connectivity index (χ4n) is 3.31. The predicted octanol–water partition coefficient (Wildman–Crippen LogP) is 2.92. The van der Waals surface area contributed by atoms with Crippen molar-refractivity contribution in [1.29, 1.82) is 0 Å². The Balaban J connectivity index is 2.03. The molecule has 4 nitrogen and oxygen atoms in total. The minimum absolute atomic E-state index is 0.0134. The van der Waals surface area contributed by atoms with Crippen molar-refractivity contribution in [2.75, 3.05) is 26.2 Å². The van der Waals surface area contributed by atoms with Crippen molar-refractivity contribution in [3.8, 4) is 0 Å². The number of fused-ring (bicyclic) bond motifs is 2. The summed E-state index contributed by atoms with van der Waals surface area (Å²) in [5, 5.41) is 17.0. The van der Waals surface area contributed by atoms with Gasteiger partial charge in [0.1, 0.15) is 0 Å². The molecule has 3 aromatic carbocycles. The minimum atomic E-state index is -0.0134. The van der Waals surface area contributed by atoms with E-state index in [-0.39, 0.29) is 19.1 Å². The lowest BCUT2D eigenvalue weighted by Gasteiger charge is -2.23. The van der Waals surface area contributed by atoms with Gasteiger partial charge < -0.3 is 10.4 Å². The molecule has 0 radical (unpaired) electrons. The Labute approximate surface area is 148 Å². The second-order valence-corrected chi connectivity index (χ2v) is 6.19. The summed E-state index contributed by atoms with van der Waals surface area (Å²) < 4.78 is 0. The predicted molar refractivity (Wildman–Crippen MR) is 103 cm³/mol. The van der Waals surface area contributed by atoms with Gasteiger partial charge in [-0.2, -0.15) is 0 Å². The number of benzene rings is 3. The van der Waals surface area contributed by atoms with Gasteiger partial charge >= 0.3 is 0 Å². The lowest BCUT2D eigenvalue weighted by Crippen LogP contribution is -2.38. The number of hydrogen-bond donors (Lipinski definition) is 2. The summed E-state index contributed by atoms with van der Waals surface area (Å²) in [6.07, 6.45) is 0. The molecule has 0 unspecified atom stereocenters. The fraction of sp³-hybridized carbons (Fsp3) is 0.286. The van der Waals surface area contributed by atoms with E-state index in [4.69, 9.17) is 0 Å². The summed E-state index contributed by atoms with van der Waals surface area (Å²) >= 11 is 0. The first-order chi connectivity index (χ1) is 12.2.